The van der Waals surface area contributed by atoms with Crippen LogP contribution in [0.3, 0.4) is 0 Å². The predicted octanol–water partition coefficient (Wildman–Crippen LogP) is 0.998. The fraction of sp³-hybridized carbons (Fsp3) is 1.00. The molecule has 1 saturated carbocycles. The van der Waals surface area contributed by atoms with Gasteiger partial charge in [-0.15, -0.1) is 0 Å². The van der Waals surface area contributed by atoms with E-state index < -0.39 is 6.29 Å². The van der Waals surface area contributed by atoms with Gasteiger partial charge in [-0.05, 0) is 40.0 Å². The molecule has 0 radical (unpaired) electrons. The number of rotatable bonds is 3. The minimum Gasteiger partial charge on any atom is -0.368 e. The second-order valence-electron chi connectivity index (χ2n) is 5.19. The van der Waals surface area contributed by atoms with Crippen molar-refractivity contribution in [2.24, 2.45) is 0 Å². The van der Waals surface area contributed by atoms with Gasteiger partial charge in [0.1, 0.15) is 0 Å². The first-order valence-electron chi connectivity index (χ1n) is 4.99. The van der Waals surface area contributed by atoms with Crippen molar-refractivity contribution in [3.8, 4) is 0 Å². The Morgan fingerprint density at radius 3 is 2.08 bits per heavy atom. The Morgan fingerprint density at radius 2 is 1.85 bits per heavy atom. The largest absolute Gasteiger partial charge is 0.368 e. The Hall–Kier alpha value is -0.120. The van der Waals surface area contributed by atoms with E-state index in [1.165, 1.54) is 6.42 Å². The lowest BCUT2D eigenvalue weighted by Crippen LogP contribution is -2.59. The Balaban J connectivity index is 2.50. The van der Waals surface area contributed by atoms with Crippen LogP contribution in [0.1, 0.15) is 46.5 Å². The lowest BCUT2D eigenvalue weighted by atomic mass is 9.73. The molecule has 0 unspecified atom stereocenters. The average Bonchev–Trinajstić information content (AvgIpc) is 1.78. The Bertz CT molecular complexity index is 168. The maximum atomic E-state index is 8.97. The molecule has 0 heterocycles. The summed E-state index contributed by atoms with van der Waals surface area (Å²) in [4.78, 5) is 0. The van der Waals surface area contributed by atoms with Crippen LogP contribution < -0.4 is 5.32 Å². The third kappa shape index (κ3) is 3.25. The Labute approximate surface area is 80.2 Å². The van der Waals surface area contributed by atoms with Crippen LogP contribution in [0.2, 0.25) is 0 Å². The summed E-state index contributed by atoms with van der Waals surface area (Å²) in [5, 5.41) is 21.4. The van der Waals surface area contributed by atoms with Crippen molar-refractivity contribution in [2.75, 3.05) is 0 Å². The standard InChI is InChI=1S/C10H21NO2/c1-9(2,3)11-10(5-4-6-10)7-8(12)13/h8,11-13H,4-7H2,1-3H3. The molecule has 0 aromatic carbocycles. The van der Waals surface area contributed by atoms with Gasteiger partial charge in [0.05, 0.1) is 0 Å². The lowest BCUT2D eigenvalue weighted by molar-refractivity contribution is -0.0784. The molecule has 13 heavy (non-hydrogen) atoms. The molecule has 0 atom stereocenters. The molecule has 1 aliphatic carbocycles. The normalized spacial score (nSPS) is 21.7. The zero-order chi connectivity index (χ0) is 10.1. The molecule has 0 bridgehead atoms. The average molecular weight is 187 g/mol. The van der Waals surface area contributed by atoms with Gasteiger partial charge >= 0.3 is 0 Å². The molecule has 1 rings (SSSR count). The smallest absolute Gasteiger partial charge is 0.153 e. The predicted molar refractivity (Wildman–Crippen MR) is 52.3 cm³/mol. The summed E-state index contributed by atoms with van der Waals surface area (Å²) in [6, 6.07) is 0. The summed E-state index contributed by atoms with van der Waals surface area (Å²) in [5.41, 5.74) is 0.0295. The van der Waals surface area contributed by atoms with Crippen molar-refractivity contribution in [1.29, 1.82) is 0 Å². The van der Waals surface area contributed by atoms with Crippen molar-refractivity contribution < 1.29 is 10.2 Å². The molecule has 0 aromatic heterocycles. The van der Waals surface area contributed by atoms with E-state index in [1.54, 1.807) is 0 Å². The molecule has 0 aliphatic heterocycles. The third-order valence-electron chi connectivity index (χ3n) is 2.52. The highest BCUT2D eigenvalue weighted by Gasteiger charge is 2.40. The first-order chi connectivity index (χ1) is 5.83. The molecule has 0 amide bonds. The Morgan fingerprint density at radius 1 is 1.31 bits per heavy atom. The third-order valence-corrected chi connectivity index (χ3v) is 2.52. The quantitative estimate of drug-likeness (QED) is 0.578. The summed E-state index contributed by atoms with van der Waals surface area (Å²) in [6.07, 6.45) is 2.57. The Kier molecular flexibility index (Phi) is 3.00. The van der Waals surface area contributed by atoms with Crippen molar-refractivity contribution in [1.82, 2.24) is 5.32 Å². The molecule has 0 saturated heterocycles. The van der Waals surface area contributed by atoms with Gasteiger partial charge in [-0.3, -0.25) is 0 Å². The van der Waals surface area contributed by atoms with Crippen molar-refractivity contribution >= 4 is 0 Å². The number of aliphatic hydroxyl groups excluding tert-OH is 1. The van der Waals surface area contributed by atoms with Gasteiger partial charge in [0.2, 0.25) is 0 Å². The van der Waals surface area contributed by atoms with E-state index in [1.807, 2.05) is 0 Å². The zero-order valence-corrected chi connectivity index (χ0v) is 8.80. The van der Waals surface area contributed by atoms with E-state index in [4.69, 9.17) is 10.2 Å². The van der Waals surface area contributed by atoms with Gasteiger partial charge in [-0.2, -0.15) is 0 Å². The fourth-order valence-corrected chi connectivity index (χ4v) is 2.13. The zero-order valence-electron chi connectivity index (χ0n) is 8.80. The van der Waals surface area contributed by atoms with Gasteiger partial charge in [-0.1, -0.05) is 0 Å². The van der Waals surface area contributed by atoms with Crippen LogP contribution in [-0.2, 0) is 0 Å². The topological polar surface area (TPSA) is 52.5 Å². The van der Waals surface area contributed by atoms with Crippen LogP contribution in [0.25, 0.3) is 0 Å². The highest BCUT2D eigenvalue weighted by atomic mass is 16.5. The first kappa shape index (κ1) is 11.0. The number of aliphatic hydroxyl groups is 2. The summed E-state index contributed by atoms with van der Waals surface area (Å²) >= 11 is 0. The summed E-state index contributed by atoms with van der Waals surface area (Å²) in [6.45, 7) is 6.32. The van der Waals surface area contributed by atoms with E-state index in [0.29, 0.717) is 6.42 Å². The van der Waals surface area contributed by atoms with Crippen LogP contribution in [-0.4, -0.2) is 27.6 Å². The van der Waals surface area contributed by atoms with Crippen LogP contribution in [0.4, 0.5) is 0 Å². The van der Waals surface area contributed by atoms with E-state index in [9.17, 15) is 0 Å². The molecule has 3 heteroatoms. The van der Waals surface area contributed by atoms with Gasteiger partial charge < -0.3 is 15.5 Å². The van der Waals surface area contributed by atoms with E-state index in [2.05, 4.69) is 26.1 Å². The van der Waals surface area contributed by atoms with E-state index in [0.717, 1.165) is 12.8 Å². The molecule has 1 aliphatic rings. The second-order valence-corrected chi connectivity index (χ2v) is 5.19. The van der Waals surface area contributed by atoms with Crippen LogP contribution in [0, 0.1) is 0 Å². The van der Waals surface area contributed by atoms with Crippen LogP contribution in [0.15, 0.2) is 0 Å². The van der Waals surface area contributed by atoms with Crippen molar-refractivity contribution in [3.63, 3.8) is 0 Å². The van der Waals surface area contributed by atoms with Gasteiger partial charge in [-0.25, -0.2) is 0 Å². The second kappa shape index (κ2) is 3.56. The monoisotopic (exact) mass is 187 g/mol. The maximum Gasteiger partial charge on any atom is 0.153 e. The maximum absolute atomic E-state index is 8.97. The van der Waals surface area contributed by atoms with E-state index >= 15 is 0 Å². The SMILES string of the molecule is CC(C)(C)NC1(CC(O)O)CCC1. The number of hydrogen-bond donors (Lipinski definition) is 3. The summed E-state index contributed by atoms with van der Waals surface area (Å²) < 4.78 is 0. The fourth-order valence-electron chi connectivity index (χ4n) is 2.13. The number of nitrogens with one attached hydrogen (secondary N) is 1. The van der Waals surface area contributed by atoms with Crippen molar-refractivity contribution in [2.45, 2.75) is 63.8 Å². The summed E-state index contributed by atoms with van der Waals surface area (Å²) in [7, 11) is 0. The highest BCUT2D eigenvalue weighted by Crippen LogP contribution is 2.37. The molecule has 0 spiro atoms. The van der Waals surface area contributed by atoms with Gasteiger partial charge in [0, 0.05) is 17.5 Å². The minimum absolute atomic E-state index is 0.0214. The molecule has 78 valence electrons. The van der Waals surface area contributed by atoms with Crippen LogP contribution >= 0.6 is 0 Å². The van der Waals surface area contributed by atoms with Crippen LogP contribution in [0.5, 0.6) is 0 Å². The van der Waals surface area contributed by atoms with Gasteiger partial charge in [0.25, 0.3) is 0 Å². The first-order valence-corrected chi connectivity index (χ1v) is 4.99. The molecule has 0 aromatic rings. The van der Waals surface area contributed by atoms with E-state index in [-0.39, 0.29) is 11.1 Å². The molecule has 3 N–H and O–H groups in total. The summed E-state index contributed by atoms with van der Waals surface area (Å²) in [5.74, 6) is 0. The molecule has 1 fully saturated rings. The van der Waals surface area contributed by atoms with Crippen molar-refractivity contribution in [3.05, 3.63) is 0 Å². The highest BCUT2D eigenvalue weighted by molar-refractivity contribution is 4.99. The molecular formula is C10H21NO2. The number of hydrogen-bond acceptors (Lipinski definition) is 3. The molecular weight excluding hydrogens is 166 g/mol. The van der Waals surface area contributed by atoms with Gasteiger partial charge in [0.15, 0.2) is 6.29 Å². The lowest BCUT2D eigenvalue weighted by Gasteiger charge is -2.47. The molecule has 3 nitrogen and oxygen atoms in total. The minimum atomic E-state index is -1.19.